The van der Waals surface area contributed by atoms with Crippen molar-refractivity contribution in [1.82, 2.24) is 0 Å². The van der Waals surface area contributed by atoms with Crippen LogP contribution in [0.15, 0.2) is 24.3 Å². The molecule has 2 nitrogen and oxygen atoms in total. The smallest absolute Gasteiger partial charge is 0.311 e. The number of aliphatic carboxylic acids is 1. The van der Waals surface area contributed by atoms with Gasteiger partial charge in [0.25, 0.3) is 0 Å². The van der Waals surface area contributed by atoms with Gasteiger partial charge in [0.05, 0.1) is 5.92 Å². The third-order valence-corrected chi connectivity index (χ3v) is 2.55. The lowest BCUT2D eigenvalue weighted by Gasteiger charge is -2.11. The molecule has 0 aliphatic carbocycles. The summed E-state index contributed by atoms with van der Waals surface area (Å²) < 4.78 is 0. The molecule has 1 atom stereocenters. The number of carbonyl (C=O) groups is 1. The largest absolute Gasteiger partial charge is 0.481 e. The van der Waals surface area contributed by atoms with Crippen LogP contribution in [-0.4, -0.2) is 11.1 Å². The highest BCUT2D eigenvalue weighted by Gasteiger charge is 2.19. The summed E-state index contributed by atoms with van der Waals surface area (Å²) in [5.74, 6) is 4.50. The normalized spacial score (nSPS) is 12.4. The molecule has 1 N–H and O–H groups in total. The Kier molecular flexibility index (Phi) is 4.81. The average molecular weight is 265 g/mol. The Labute approximate surface area is 113 Å². The molecule has 0 heterocycles. The highest BCUT2D eigenvalue weighted by Crippen LogP contribution is 2.23. The zero-order valence-corrected chi connectivity index (χ0v) is 11.6. The molecule has 0 saturated heterocycles. The van der Waals surface area contributed by atoms with Crippen LogP contribution in [-0.2, 0) is 4.79 Å². The van der Waals surface area contributed by atoms with Crippen molar-refractivity contribution in [3.63, 3.8) is 0 Å². The van der Waals surface area contributed by atoms with E-state index in [1.54, 1.807) is 24.3 Å². The Morgan fingerprint density at radius 3 is 2.61 bits per heavy atom. The fourth-order valence-electron chi connectivity index (χ4n) is 1.49. The van der Waals surface area contributed by atoms with Crippen LogP contribution in [0.5, 0.6) is 0 Å². The molecule has 1 aromatic rings. The molecule has 0 radical (unpaired) electrons. The fraction of sp³-hybridized carbons (Fsp3) is 0.400. The Balaban J connectivity index is 2.90. The first kappa shape index (κ1) is 14.6. The van der Waals surface area contributed by atoms with Gasteiger partial charge in [-0.1, -0.05) is 29.7 Å². The lowest BCUT2D eigenvalue weighted by atomic mass is 9.93. The Bertz CT molecular complexity index is 489. The molecule has 1 rings (SSSR count). The molecule has 0 aromatic heterocycles. The highest BCUT2D eigenvalue weighted by molar-refractivity contribution is 6.30. The summed E-state index contributed by atoms with van der Waals surface area (Å²) in [6.45, 7) is 5.99. The molecule has 0 spiro atoms. The van der Waals surface area contributed by atoms with Crippen LogP contribution in [0.3, 0.4) is 0 Å². The van der Waals surface area contributed by atoms with Crippen LogP contribution in [0.25, 0.3) is 0 Å². The Morgan fingerprint density at radius 1 is 1.44 bits per heavy atom. The van der Waals surface area contributed by atoms with Crippen molar-refractivity contribution < 1.29 is 9.90 Å². The number of hydrogen-bond acceptors (Lipinski definition) is 1. The van der Waals surface area contributed by atoms with Crippen LogP contribution in [0, 0.1) is 17.3 Å². The molecule has 0 bridgehead atoms. The van der Waals surface area contributed by atoms with Crippen molar-refractivity contribution >= 4 is 17.6 Å². The minimum atomic E-state index is -0.875. The van der Waals surface area contributed by atoms with E-state index in [9.17, 15) is 9.90 Å². The zero-order valence-electron chi connectivity index (χ0n) is 10.8. The fourth-order valence-corrected chi connectivity index (χ4v) is 1.69. The van der Waals surface area contributed by atoms with E-state index in [4.69, 9.17) is 11.6 Å². The maximum Gasteiger partial charge on any atom is 0.311 e. The number of hydrogen-bond donors (Lipinski definition) is 1. The molecule has 0 saturated carbocycles. The standard InChI is InChI=1S/C15H17ClO2/c1-15(2,3)9-5-8-13(14(17)18)11-6-4-7-12(16)10-11/h4,6-7,10,13H,8H2,1-3H3,(H,17,18). The third kappa shape index (κ3) is 4.81. The molecule has 96 valence electrons. The molecule has 0 fully saturated rings. The van der Waals surface area contributed by atoms with E-state index in [0.29, 0.717) is 17.0 Å². The van der Waals surface area contributed by atoms with Gasteiger partial charge in [0.1, 0.15) is 0 Å². The second-order valence-corrected chi connectivity index (χ2v) is 5.64. The van der Waals surface area contributed by atoms with Gasteiger partial charge >= 0.3 is 5.97 Å². The Hall–Kier alpha value is -1.46. The topological polar surface area (TPSA) is 37.3 Å². The van der Waals surface area contributed by atoms with E-state index in [2.05, 4.69) is 11.8 Å². The summed E-state index contributed by atoms with van der Waals surface area (Å²) in [6.07, 6.45) is 0.299. The predicted molar refractivity (Wildman–Crippen MR) is 73.7 cm³/mol. The van der Waals surface area contributed by atoms with Crippen LogP contribution >= 0.6 is 11.6 Å². The second-order valence-electron chi connectivity index (χ2n) is 5.20. The molecule has 0 amide bonds. The van der Waals surface area contributed by atoms with Gasteiger partial charge in [-0.3, -0.25) is 4.79 Å². The monoisotopic (exact) mass is 264 g/mol. The molecular weight excluding hydrogens is 248 g/mol. The molecule has 1 unspecified atom stereocenters. The summed E-state index contributed by atoms with van der Waals surface area (Å²) in [4.78, 5) is 11.3. The van der Waals surface area contributed by atoms with Gasteiger partial charge in [-0.05, 0) is 38.5 Å². The second kappa shape index (κ2) is 5.93. The molecule has 18 heavy (non-hydrogen) atoms. The maximum absolute atomic E-state index is 11.3. The summed E-state index contributed by atoms with van der Waals surface area (Å²) in [6, 6.07) is 6.93. The first-order valence-corrected chi connectivity index (χ1v) is 6.16. The van der Waals surface area contributed by atoms with Gasteiger partial charge in [-0.15, -0.1) is 5.92 Å². The molecule has 3 heteroatoms. The summed E-state index contributed by atoms with van der Waals surface area (Å²) in [5.41, 5.74) is 0.579. The van der Waals surface area contributed by atoms with Crippen molar-refractivity contribution in [3.8, 4) is 11.8 Å². The van der Waals surface area contributed by atoms with Gasteiger partial charge in [-0.25, -0.2) is 0 Å². The number of carboxylic acids is 1. The van der Waals surface area contributed by atoms with Crippen LogP contribution in [0.1, 0.15) is 38.7 Å². The lowest BCUT2D eigenvalue weighted by molar-refractivity contribution is -0.138. The molecule has 0 aliphatic heterocycles. The van der Waals surface area contributed by atoms with Crippen molar-refractivity contribution in [2.45, 2.75) is 33.1 Å². The molecular formula is C15H17ClO2. The number of halogens is 1. The summed E-state index contributed by atoms with van der Waals surface area (Å²) in [7, 11) is 0. The van der Waals surface area contributed by atoms with E-state index in [-0.39, 0.29) is 5.41 Å². The van der Waals surface area contributed by atoms with E-state index in [0.717, 1.165) is 0 Å². The van der Waals surface area contributed by atoms with Gasteiger partial charge in [0, 0.05) is 16.9 Å². The maximum atomic E-state index is 11.3. The van der Waals surface area contributed by atoms with Gasteiger partial charge in [0.15, 0.2) is 0 Å². The van der Waals surface area contributed by atoms with Crippen molar-refractivity contribution in [2.24, 2.45) is 5.41 Å². The number of carboxylic acid groups (broad SMARTS) is 1. The van der Waals surface area contributed by atoms with Crippen LogP contribution in [0.4, 0.5) is 0 Å². The Morgan fingerprint density at radius 2 is 2.11 bits per heavy atom. The highest BCUT2D eigenvalue weighted by atomic mass is 35.5. The van der Waals surface area contributed by atoms with Crippen molar-refractivity contribution in [1.29, 1.82) is 0 Å². The van der Waals surface area contributed by atoms with E-state index in [1.165, 1.54) is 0 Å². The molecule has 0 aliphatic rings. The third-order valence-electron chi connectivity index (χ3n) is 2.32. The van der Waals surface area contributed by atoms with Gasteiger partial charge < -0.3 is 5.11 Å². The number of rotatable bonds is 3. The molecule has 1 aromatic carbocycles. The van der Waals surface area contributed by atoms with Crippen molar-refractivity contribution in [2.75, 3.05) is 0 Å². The minimum absolute atomic E-state index is 0.114. The van der Waals surface area contributed by atoms with Crippen LogP contribution in [0.2, 0.25) is 5.02 Å². The lowest BCUT2D eigenvalue weighted by Crippen LogP contribution is -2.11. The number of benzene rings is 1. The SMILES string of the molecule is CC(C)(C)C#CCC(C(=O)O)c1cccc(Cl)c1. The van der Waals surface area contributed by atoms with E-state index >= 15 is 0 Å². The summed E-state index contributed by atoms with van der Waals surface area (Å²) >= 11 is 5.87. The minimum Gasteiger partial charge on any atom is -0.481 e. The van der Waals surface area contributed by atoms with Gasteiger partial charge in [-0.2, -0.15) is 0 Å². The zero-order chi connectivity index (χ0) is 13.8. The van der Waals surface area contributed by atoms with Gasteiger partial charge in [0.2, 0.25) is 0 Å². The first-order valence-electron chi connectivity index (χ1n) is 5.78. The quantitative estimate of drug-likeness (QED) is 0.840. The van der Waals surface area contributed by atoms with E-state index in [1.807, 2.05) is 20.8 Å². The van der Waals surface area contributed by atoms with Crippen LogP contribution < -0.4 is 0 Å². The average Bonchev–Trinajstić information content (AvgIpc) is 2.22. The van der Waals surface area contributed by atoms with E-state index < -0.39 is 11.9 Å². The van der Waals surface area contributed by atoms with Crippen molar-refractivity contribution in [3.05, 3.63) is 34.9 Å². The summed E-state index contributed by atoms with van der Waals surface area (Å²) in [5, 5.41) is 9.78. The predicted octanol–water partition coefficient (Wildman–Crippen LogP) is 3.95. The first-order chi connectivity index (χ1) is 8.29.